The molecule has 5 heteroatoms. The fourth-order valence-corrected chi connectivity index (χ4v) is 1.75. The molecule has 0 radical (unpaired) electrons. The van der Waals surface area contributed by atoms with Crippen molar-refractivity contribution in [3.05, 3.63) is 53.6 Å². The molecule has 18 heavy (non-hydrogen) atoms. The molecule has 0 amide bonds. The van der Waals surface area contributed by atoms with Crippen LogP contribution in [0.2, 0.25) is 0 Å². The van der Waals surface area contributed by atoms with Gasteiger partial charge in [-0.1, -0.05) is 18.3 Å². The average molecular weight is 261 g/mol. The number of nitrogens with zero attached hydrogens (tertiary/aromatic N) is 1. The highest BCUT2D eigenvalue weighted by molar-refractivity contribution is 7.80. The van der Waals surface area contributed by atoms with E-state index in [1.807, 2.05) is 6.92 Å². The van der Waals surface area contributed by atoms with Crippen molar-refractivity contribution in [1.82, 2.24) is 4.98 Å². The lowest BCUT2D eigenvalue weighted by atomic mass is 10.2. The van der Waals surface area contributed by atoms with Gasteiger partial charge in [-0.05, 0) is 36.8 Å². The van der Waals surface area contributed by atoms with Crippen LogP contribution in [0.5, 0.6) is 0 Å². The Kier molecular flexibility index (Phi) is 3.53. The van der Waals surface area contributed by atoms with Crippen molar-refractivity contribution < 1.29 is 4.39 Å². The molecule has 0 aliphatic rings. The van der Waals surface area contributed by atoms with Crippen molar-refractivity contribution in [2.24, 2.45) is 5.73 Å². The van der Waals surface area contributed by atoms with Gasteiger partial charge < -0.3 is 11.1 Å². The van der Waals surface area contributed by atoms with E-state index in [9.17, 15) is 4.39 Å². The van der Waals surface area contributed by atoms with Crippen LogP contribution in [-0.2, 0) is 0 Å². The molecule has 0 spiro atoms. The minimum Gasteiger partial charge on any atom is -0.388 e. The van der Waals surface area contributed by atoms with Crippen LogP contribution < -0.4 is 11.1 Å². The van der Waals surface area contributed by atoms with Gasteiger partial charge in [0.05, 0.1) is 11.4 Å². The Balaban J connectivity index is 2.40. The molecule has 2 aromatic rings. The highest BCUT2D eigenvalue weighted by Crippen LogP contribution is 2.22. The fraction of sp³-hybridized carbons (Fsp3) is 0.0769. The third kappa shape index (κ3) is 2.62. The number of benzene rings is 1. The second-order valence-corrected chi connectivity index (χ2v) is 4.31. The molecule has 3 nitrogen and oxygen atoms in total. The predicted octanol–water partition coefficient (Wildman–Crippen LogP) is 2.91. The quantitative estimate of drug-likeness (QED) is 0.834. The fourth-order valence-electron chi connectivity index (χ4n) is 1.58. The molecule has 2 rings (SSSR count). The summed E-state index contributed by atoms with van der Waals surface area (Å²) in [7, 11) is 0. The van der Waals surface area contributed by atoms with Gasteiger partial charge in [0, 0.05) is 6.20 Å². The minimum atomic E-state index is -0.335. The van der Waals surface area contributed by atoms with Gasteiger partial charge in [-0.3, -0.25) is 4.98 Å². The molecule has 0 aliphatic heterocycles. The first kappa shape index (κ1) is 12.4. The second-order valence-electron chi connectivity index (χ2n) is 3.87. The lowest BCUT2D eigenvalue weighted by molar-refractivity contribution is 0.631. The Hall–Kier alpha value is -2.01. The smallest absolute Gasteiger partial charge is 0.146 e. The van der Waals surface area contributed by atoms with Crippen LogP contribution in [0.15, 0.2) is 36.5 Å². The average Bonchev–Trinajstić information content (AvgIpc) is 2.34. The number of hydrogen-bond acceptors (Lipinski definition) is 3. The van der Waals surface area contributed by atoms with Gasteiger partial charge in [0.2, 0.25) is 0 Å². The molecule has 92 valence electrons. The maximum Gasteiger partial charge on any atom is 0.146 e. The van der Waals surface area contributed by atoms with Gasteiger partial charge in [0.1, 0.15) is 16.5 Å². The van der Waals surface area contributed by atoms with Crippen molar-refractivity contribution >= 4 is 28.6 Å². The van der Waals surface area contributed by atoms with Crippen LogP contribution in [0.4, 0.5) is 15.8 Å². The molecule has 0 fully saturated rings. The zero-order valence-corrected chi connectivity index (χ0v) is 10.6. The first-order chi connectivity index (χ1) is 8.58. The molecule has 3 N–H and O–H groups in total. The van der Waals surface area contributed by atoms with Crippen molar-refractivity contribution in [3.63, 3.8) is 0 Å². The lowest BCUT2D eigenvalue weighted by Crippen LogP contribution is -2.14. The first-order valence-corrected chi connectivity index (χ1v) is 5.77. The van der Waals surface area contributed by atoms with E-state index in [2.05, 4.69) is 10.3 Å². The van der Waals surface area contributed by atoms with Gasteiger partial charge in [-0.15, -0.1) is 0 Å². The summed E-state index contributed by atoms with van der Waals surface area (Å²) < 4.78 is 13.6. The zero-order chi connectivity index (χ0) is 13.1. The van der Waals surface area contributed by atoms with E-state index < -0.39 is 0 Å². The van der Waals surface area contributed by atoms with Crippen molar-refractivity contribution in [2.45, 2.75) is 6.92 Å². The van der Waals surface area contributed by atoms with E-state index >= 15 is 0 Å². The number of aryl methyl sites for hydroxylation is 1. The van der Waals surface area contributed by atoms with E-state index in [0.717, 1.165) is 5.56 Å². The van der Waals surface area contributed by atoms with Crippen molar-refractivity contribution in [1.29, 1.82) is 0 Å². The maximum absolute atomic E-state index is 13.6. The molecular weight excluding hydrogens is 249 g/mol. The Morgan fingerprint density at radius 3 is 2.83 bits per heavy atom. The van der Waals surface area contributed by atoms with Crippen LogP contribution >= 0.6 is 12.2 Å². The summed E-state index contributed by atoms with van der Waals surface area (Å²) in [4.78, 5) is 4.25. The summed E-state index contributed by atoms with van der Waals surface area (Å²) in [5.41, 5.74) is 7.95. The third-order valence-corrected chi connectivity index (χ3v) is 2.63. The molecule has 0 aliphatic carbocycles. The Morgan fingerprint density at radius 2 is 2.11 bits per heavy atom. The molecule has 0 atom stereocenters. The summed E-state index contributed by atoms with van der Waals surface area (Å²) in [6.07, 6.45) is 1.59. The summed E-state index contributed by atoms with van der Waals surface area (Å²) in [6, 6.07) is 8.32. The molecule has 0 unspecified atom stereocenters. The van der Waals surface area contributed by atoms with Crippen LogP contribution in [0.1, 0.15) is 11.3 Å². The number of aromatic nitrogens is 1. The molecule has 1 heterocycles. The number of anilines is 2. The van der Waals surface area contributed by atoms with E-state index in [0.29, 0.717) is 17.1 Å². The molecule has 0 saturated carbocycles. The minimum absolute atomic E-state index is 0.172. The molecular formula is C13H12FN3S. The van der Waals surface area contributed by atoms with Crippen LogP contribution in [-0.4, -0.2) is 9.97 Å². The summed E-state index contributed by atoms with van der Waals surface area (Å²) in [5.74, 6) is -0.335. The van der Waals surface area contributed by atoms with Gasteiger partial charge >= 0.3 is 0 Å². The Morgan fingerprint density at radius 1 is 1.33 bits per heavy atom. The topological polar surface area (TPSA) is 50.9 Å². The van der Waals surface area contributed by atoms with E-state index in [4.69, 9.17) is 18.0 Å². The first-order valence-electron chi connectivity index (χ1n) is 5.36. The van der Waals surface area contributed by atoms with Crippen molar-refractivity contribution in [2.75, 3.05) is 5.32 Å². The Labute approximate surface area is 110 Å². The highest BCUT2D eigenvalue weighted by Gasteiger charge is 2.08. The third-order valence-electron chi connectivity index (χ3n) is 2.43. The number of hydrogen-bond donors (Lipinski definition) is 2. The summed E-state index contributed by atoms with van der Waals surface area (Å²) in [5, 5.41) is 2.96. The van der Waals surface area contributed by atoms with E-state index in [1.165, 1.54) is 6.07 Å². The van der Waals surface area contributed by atoms with E-state index in [-0.39, 0.29) is 10.8 Å². The van der Waals surface area contributed by atoms with Gasteiger partial charge in [0.25, 0.3) is 0 Å². The van der Waals surface area contributed by atoms with Crippen molar-refractivity contribution in [3.8, 4) is 0 Å². The second kappa shape index (κ2) is 5.10. The standard InChI is InChI=1S/C13H12FN3S/c1-8-4-5-9(14)11(7-8)17-10-3-2-6-16-12(10)13(15)18/h2-7,17H,1H3,(H2,15,18). The normalized spacial score (nSPS) is 10.1. The highest BCUT2D eigenvalue weighted by atomic mass is 32.1. The molecule has 0 bridgehead atoms. The Bertz CT molecular complexity index is 599. The molecule has 0 saturated heterocycles. The lowest BCUT2D eigenvalue weighted by Gasteiger charge is -2.11. The monoisotopic (exact) mass is 261 g/mol. The zero-order valence-electron chi connectivity index (χ0n) is 9.77. The van der Waals surface area contributed by atoms with Crippen LogP contribution in [0, 0.1) is 12.7 Å². The van der Waals surface area contributed by atoms with Gasteiger partial charge in [-0.25, -0.2) is 4.39 Å². The number of halogens is 1. The van der Waals surface area contributed by atoms with E-state index in [1.54, 1.807) is 30.5 Å². The predicted molar refractivity (Wildman–Crippen MR) is 74.5 cm³/mol. The SMILES string of the molecule is Cc1ccc(F)c(Nc2cccnc2C(N)=S)c1. The molecule has 1 aromatic carbocycles. The number of pyridine rings is 1. The number of nitrogens with two attached hydrogens (primary N) is 1. The van der Waals surface area contributed by atoms with Crippen LogP contribution in [0.3, 0.4) is 0 Å². The summed E-state index contributed by atoms with van der Waals surface area (Å²) >= 11 is 4.91. The largest absolute Gasteiger partial charge is 0.388 e. The summed E-state index contributed by atoms with van der Waals surface area (Å²) in [6.45, 7) is 1.89. The number of rotatable bonds is 3. The number of thiocarbonyl (C=S) groups is 1. The van der Waals surface area contributed by atoms with Crippen LogP contribution in [0.25, 0.3) is 0 Å². The van der Waals surface area contributed by atoms with Gasteiger partial charge in [0.15, 0.2) is 0 Å². The number of nitrogens with one attached hydrogen (secondary N) is 1. The van der Waals surface area contributed by atoms with Gasteiger partial charge in [-0.2, -0.15) is 0 Å². The maximum atomic E-state index is 13.6. The molecule has 1 aromatic heterocycles.